The summed E-state index contributed by atoms with van der Waals surface area (Å²) in [6, 6.07) is 0. The van der Waals surface area contributed by atoms with Gasteiger partial charge in [-0.2, -0.15) is 0 Å². The highest BCUT2D eigenvalue weighted by atomic mass is 16.5. The first kappa shape index (κ1) is 6.99. The number of carbonyl (C=O) groups excluding carboxylic acids is 2. The molecule has 0 aromatic heterocycles. The molecule has 0 unspecified atom stereocenters. The molecule has 1 saturated heterocycles. The summed E-state index contributed by atoms with van der Waals surface area (Å²) in [6.07, 6.45) is 1.11. The minimum atomic E-state index is -0.369. The van der Waals surface area contributed by atoms with Crippen LogP contribution in [0.3, 0.4) is 0 Å². The number of hydrogen-bond acceptors (Lipinski definition) is 3. The number of ether oxygens (including phenoxy) is 1. The fraction of sp³-hybridized carbons (Fsp3) is 0.429. The van der Waals surface area contributed by atoms with E-state index in [1.165, 1.54) is 0 Å². The topological polar surface area (TPSA) is 43.4 Å². The molecule has 1 heterocycles. The molecule has 1 atom stereocenters. The maximum Gasteiger partial charge on any atom is 0.333 e. The van der Waals surface area contributed by atoms with E-state index in [4.69, 9.17) is 0 Å². The van der Waals surface area contributed by atoms with Gasteiger partial charge in [-0.25, -0.2) is 4.79 Å². The van der Waals surface area contributed by atoms with Gasteiger partial charge in [0, 0.05) is 17.9 Å². The van der Waals surface area contributed by atoms with E-state index in [2.05, 4.69) is 11.3 Å². The molecule has 1 aliphatic heterocycles. The molecule has 0 spiro atoms. The highest BCUT2D eigenvalue weighted by Gasteiger charge is 2.27. The lowest BCUT2D eigenvalue weighted by atomic mass is 10.0. The van der Waals surface area contributed by atoms with E-state index in [0.717, 1.165) is 6.29 Å². The maximum atomic E-state index is 10.6. The zero-order valence-corrected chi connectivity index (χ0v) is 5.50. The summed E-state index contributed by atoms with van der Waals surface area (Å²) < 4.78 is 4.63. The molecule has 0 aromatic carbocycles. The Balaban J connectivity index is 2.57. The molecule has 0 aliphatic carbocycles. The fourth-order valence-corrected chi connectivity index (χ4v) is 0.863. The standard InChI is InChI=1S/C7H8O3/c1-5-6(2-3-8)4-10-7(5)9/h3,6H,1-2,4H2/t6-/m1/s1. The third kappa shape index (κ3) is 1.07. The van der Waals surface area contributed by atoms with E-state index < -0.39 is 0 Å². The lowest BCUT2D eigenvalue weighted by Gasteiger charge is -1.97. The van der Waals surface area contributed by atoms with Crippen LogP contribution < -0.4 is 0 Å². The summed E-state index contributed by atoms with van der Waals surface area (Å²) in [5.41, 5.74) is 0.423. The van der Waals surface area contributed by atoms with Gasteiger partial charge in [-0.1, -0.05) is 6.58 Å². The van der Waals surface area contributed by atoms with Crippen molar-refractivity contribution in [2.24, 2.45) is 5.92 Å². The van der Waals surface area contributed by atoms with Crippen molar-refractivity contribution >= 4 is 12.3 Å². The zero-order chi connectivity index (χ0) is 7.56. The predicted molar refractivity (Wildman–Crippen MR) is 34.3 cm³/mol. The Morgan fingerprint density at radius 1 is 1.80 bits per heavy atom. The number of carbonyl (C=O) groups is 2. The smallest absolute Gasteiger partial charge is 0.333 e. The van der Waals surface area contributed by atoms with Gasteiger partial charge in [-0.3, -0.25) is 0 Å². The SMILES string of the molecule is C=C1C(=O)OC[C@H]1CC=O. The largest absolute Gasteiger partial charge is 0.462 e. The van der Waals surface area contributed by atoms with Crippen LogP contribution in [0, 0.1) is 5.92 Å². The van der Waals surface area contributed by atoms with Crippen LogP contribution in [0.2, 0.25) is 0 Å². The van der Waals surface area contributed by atoms with Crippen molar-refractivity contribution in [2.75, 3.05) is 6.61 Å². The third-order valence-corrected chi connectivity index (χ3v) is 1.55. The Kier molecular flexibility index (Phi) is 1.85. The second-order valence-corrected chi connectivity index (χ2v) is 2.22. The van der Waals surface area contributed by atoms with Gasteiger partial charge in [0.25, 0.3) is 0 Å². The van der Waals surface area contributed by atoms with Gasteiger partial charge in [0.2, 0.25) is 0 Å². The molecule has 1 aliphatic rings. The maximum absolute atomic E-state index is 10.6. The number of esters is 1. The van der Waals surface area contributed by atoms with Gasteiger partial charge < -0.3 is 9.53 Å². The molecule has 1 rings (SSSR count). The van der Waals surface area contributed by atoms with Crippen molar-refractivity contribution < 1.29 is 14.3 Å². The average molecular weight is 140 g/mol. The Bertz CT molecular complexity index is 183. The molecule has 0 radical (unpaired) electrons. The van der Waals surface area contributed by atoms with E-state index in [0.29, 0.717) is 18.6 Å². The summed E-state index contributed by atoms with van der Waals surface area (Å²) in [4.78, 5) is 20.6. The number of cyclic esters (lactones) is 1. The second kappa shape index (κ2) is 2.64. The Labute approximate surface area is 58.7 Å². The van der Waals surface area contributed by atoms with E-state index in [1.807, 2.05) is 0 Å². The molecule has 0 bridgehead atoms. The quantitative estimate of drug-likeness (QED) is 0.315. The highest BCUT2D eigenvalue weighted by Crippen LogP contribution is 2.21. The molecule has 3 nitrogen and oxygen atoms in total. The van der Waals surface area contributed by atoms with Crippen molar-refractivity contribution in [3.8, 4) is 0 Å². The van der Waals surface area contributed by atoms with Crippen LogP contribution in [-0.2, 0) is 14.3 Å². The van der Waals surface area contributed by atoms with Crippen molar-refractivity contribution in [3.05, 3.63) is 12.2 Å². The highest BCUT2D eigenvalue weighted by molar-refractivity contribution is 5.90. The van der Waals surface area contributed by atoms with Gasteiger partial charge in [0.1, 0.15) is 6.29 Å². The first-order valence-electron chi connectivity index (χ1n) is 3.05. The zero-order valence-electron chi connectivity index (χ0n) is 5.50. The van der Waals surface area contributed by atoms with Crippen LogP contribution in [-0.4, -0.2) is 18.9 Å². The summed E-state index contributed by atoms with van der Waals surface area (Å²) >= 11 is 0. The van der Waals surface area contributed by atoms with Crippen LogP contribution in [0.5, 0.6) is 0 Å². The van der Waals surface area contributed by atoms with Crippen molar-refractivity contribution in [2.45, 2.75) is 6.42 Å². The first-order valence-corrected chi connectivity index (χ1v) is 3.05. The molecule has 0 aromatic rings. The normalized spacial score (nSPS) is 24.6. The lowest BCUT2D eigenvalue weighted by molar-refractivity contribution is -0.135. The van der Waals surface area contributed by atoms with Gasteiger partial charge in [-0.05, 0) is 0 Å². The minimum Gasteiger partial charge on any atom is -0.462 e. The van der Waals surface area contributed by atoms with Gasteiger partial charge >= 0.3 is 5.97 Å². The Morgan fingerprint density at radius 2 is 2.50 bits per heavy atom. The fourth-order valence-electron chi connectivity index (χ4n) is 0.863. The number of hydrogen-bond donors (Lipinski definition) is 0. The van der Waals surface area contributed by atoms with Crippen molar-refractivity contribution in [3.63, 3.8) is 0 Å². The average Bonchev–Trinajstić information content (AvgIpc) is 2.20. The monoisotopic (exact) mass is 140 g/mol. The number of aldehydes is 1. The van der Waals surface area contributed by atoms with Gasteiger partial charge in [0.15, 0.2) is 0 Å². The molecular weight excluding hydrogens is 132 g/mol. The molecule has 3 heteroatoms. The van der Waals surface area contributed by atoms with Crippen molar-refractivity contribution in [1.29, 1.82) is 0 Å². The van der Waals surface area contributed by atoms with E-state index in [9.17, 15) is 9.59 Å². The van der Waals surface area contributed by atoms with Crippen LogP contribution in [0.25, 0.3) is 0 Å². The van der Waals surface area contributed by atoms with Crippen LogP contribution in [0.4, 0.5) is 0 Å². The van der Waals surface area contributed by atoms with Gasteiger partial charge in [0.05, 0.1) is 6.61 Å². The summed E-state index contributed by atoms with van der Waals surface area (Å²) in [5, 5.41) is 0. The molecule has 0 saturated carbocycles. The summed E-state index contributed by atoms with van der Waals surface area (Å²) in [6.45, 7) is 3.82. The Hall–Kier alpha value is -1.12. The van der Waals surface area contributed by atoms with Crippen LogP contribution in [0.1, 0.15) is 6.42 Å². The lowest BCUT2D eigenvalue weighted by Crippen LogP contribution is -2.02. The van der Waals surface area contributed by atoms with Crippen LogP contribution >= 0.6 is 0 Å². The molecule has 0 amide bonds. The third-order valence-electron chi connectivity index (χ3n) is 1.55. The van der Waals surface area contributed by atoms with E-state index in [1.54, 1.807) is 0 Å². The first-order chi connectivity index (χ1) is 4.75. The predicted octanol–water partition coefficient (Wildman–Crippen LogP) is 0.305. The van der Waals surface area contributed by atoms with E-state index >= 15 is 0 Å². The molecule has 10 heavy (non-hydrogen) atoms. The van der Waals surface area contributed by atoms with Gasteiger partial charge in [-0.15, -0.1) is 0 Å². The summed E-state index contributed by atoms with van der Waals surface area (Å²) in [5.74, 6) is -0.447. The molecule has 54 valence electrons. The summed E-state index contributed by atoms with van der Waals surface area (Å²) in [7, 11) is 0. The molecule has 0 N–H and O–H groups in total. The second-order valence-electron chi connectivity index (χ2n) is 2.22. The van der Waals surface area contributed by atoms with Crippen LogP contribution in [0.15, 0.2) is 12.2 Å². The minimum absolute atomic E-state index is 0.0787. The number of rotatable bonds is 2. The van der Waals surface area contributed by atoms with E-state index in [-0.39, 0.29) is 11.9 Å². The molecular formula is C7H8O3. The molecule has 1 fully saturated rings. The Morgan fingerprint density at radius 3 is 2.90 bits per heavy atom. The van der Waals surface area contributed by atoms with Crippen molar-refractivity contribution in [1.82, 2.24) is 0 Å².